The zero-order chi connectivity index (χ0) is 20.7. The first-order valence-electron chi connectivity index (χ1n) is 9.17. The lowest BCUT2D eigenvalue weighted by molar-refractivity contribution is -0.119. The second-order valence-electron chi connectivity index (χ2n) is 7.05. The number of aromatic nitrogens is 1. The first kappa shape index (κ1) is 19.0. The molecule has 6 nitrogen and oxygen atoms in total. The van der Waals surface area contributed by atoms with Crippen molar-refractivity contribution in [3.8, 4) is 11.3 Å². The number of thiazole rings is 1. The number of rotatable bonds is 4. The fourth-order valence-electron chi connectivity index (χ4n) is 3.35. The predicted molar refractivity (Wildman–Crippen MR) is 112 cm³/mol. The van der Waals surface area contributed by atoms with E-state index in [9.17, 15) is 14.4 Å². The van der Waals surface area contributed by atoms with Crippen LogP contribution in [-0.4, -0.2) is 33.6 Å². The summed E-state index contributed by atoms with van der Waals surface area (Å²) >= 11 is 1.30. The van der Waals surface area contributed by atoms with Crippen LogP contribution in [0.15, 0.2) is 47.8 Å². The van der Waals surface area contributed by atoms with Crippen LogP contribution in [0.25, 0.3) is 11.3 Å². The van der Waals surface area contributed by atoms with Gasteiger partial charge in [0.25, 0.3) is 11.8 Å². The number of imide groups is 1. The highest BCUT2D eigenvalue weighted by Gasteiger charge is 2.40. The highest BCUT2D eigenvalue weighted by atomic mass is 32.1. The van der Waals surface area contributed by atoms with Gasteiger partial charge in [0.2, 0.25) is 5.91 Å². The molecule has 1 aromatic heterocycles. The highest BCUT2D eigenvalue weighted by Crippen LogP contribution is 2.29. The van der Waals surface area contributed by atoms with E-state index in [2.05, 4.69) is 16.4 Å². The van der Waals surface area contributed by atoms with Crippen molar-refractivity contribution >= 4 is 34.2 Å². The number of benzene rings is 2. The van der Waals surface area contributed by atoms with Gasteiger partial charge < -0.3 is 5.32 Å². The van der Waals surface area contributed by atoms with Gasteiger partial charge in [-0.15, -0.1) is 11.3 Å². The average Bonchev–Trinajstić information content (AvgIpc) is 3.26. The van der Waals surface area contributed by atoms with E-state index in [0.29, 0.717) is 16.3 Å². The van der Waals surface area contributed by atoms with E-state index >= 15 is 0 Å². The number of hydrogen-bond acceptors (Lipinski definition) is 5. The maximum absolute atomic E-state index is 12.7. The molecule has 2 aromatic carbocycles. The van der Waals surface area contributed by atoms with Gasteiger partial charge in [-0.3, -0.25) is 19.3 Å². The number of nitrogens with one attached hydrogen (secondary N) is 1. The van der Waals surface area contributed by atoms with E-state index in [1.54, 1.807) is 24.3 Å². The Labute approximate surface area is 172 Å². The lowest BCUT2D eigenvalue weighted by Gasteiger charge is -2.21. The maximum atomic E-state index is 12.7. The molecule has 0 radical (unpaired) electrons. The number of nitrogens with zero attached hydrogens (tertiary/aromatic N) is 2. The number of hydrogen-bond donors (Lipinski definition) is 1. The molecular formula is C22H19N3O3S. The molecule has 2 heterocycles. The molecule has 0 aliphatic carbocycles. The van der Waals surface area contributed by atoms with Crippen molar-refractivity contribution < 1.29 is 14.4 Å². The number of amides is 3. The van der Waals surface area contributed by atoms with Gasteiger partial charge in [-0.25, -0.2) is 4.98 Å². The van der Waals surface area contributed by atoms with Crippen molar-refractivity contribution in [2.45, 2.75) is 26.8 Å². The first-order chi connectivity index (χ1) is 13.9. The summed E-state index contributed by atoms with van der Waals surface area (Å²) in [7, 11) is 0. The summed E-state index contributed by atoms with van der Waals surface area (Å²) in [5, 5.41) is 5.04. The Kier molecular flexibility index (Phi) is 4.76. The molecule has 1 unspecified atom stereocenters. The standard InChI is InChI=1S/C22H19N3O3S/c1-12-8-9-13(2)17(10-12)18-11-29-22(23-18)24-19(26)14(3)25-20(27)15-6-4-5-7-16(15)21(25)28/h4-11,14H,1-3H3,(H,23,24,26). The zero-order valence-corrected chi connectivity index (χ0v) is 17.0. The second kappa shape index (κ2) is 7.25. The Bertz CT molecular complexity index is 1120. The Morgan fingerprint density at radius 3 is 2.34 bits per heavy atom. The molecule has 7 heteroatoms. The average molecular weight is 405 g/mol. The van der Waals surface area contributed by atoms with Gasteiger partial charge >= 0.3 is 0 Å². The van der Waals surface area contributed by atoms with E-state index in [1.807, 2.05) is 31.4 Å². The van der Waals surface area contributed by atoms with Crippen LogP contribution in [-0.2, 0) is 4.79 Å². The van der Waals surface area contributed by atoms with Gasteiger partial charge in [0.1, 0.15) is 6.04 Å². The SMILES string of the molecule is Cc1ccc(C)c(-c2csc(NC(=O)C(C)N3C(=O)c4ccccc4C3=O)n2)c1. The van der Waals surface area contributed by atoms with Crippen LogP contribution in [0.3, 0.4) is 0 Å². The number of carbonyl (C=O) groups is 3. The Morgan fingerprint density at radius 2 is 1.69 bits per heavy atom. The van der Waals surface area contributed by atoms with Gasteiger partial charge in [0.05, 0.1) is 16.8 Å². The first-order valence-corrected chi connectivity index (χ1v) is 10.1. The lowest BCUT2D eigenvalue weighted by atomic mass is 10.0. The molecule has 1 atom stereocenters. The third kappa shape index (κ3) is 3.34. The summed E-state index contributed by atoms with van der Waals surface area (Å²) in [4.78, 5) is 43.4. The van der Waals surface area contributed by atoms with Crippen molar-refractivity contribution in [1.29, 1.82) is 0 Å². The van der Waals surface area contributed by atoms with E-state index < -0.39 is 23.8 Å². The molecule has 29 heavy (non-hydrogen) atoms. The molecular weight excluding hydrogens is 386 g/mol. The summed E-state index contributed by atoms with van der Waals surface area (Å²) in [5.74, 6) is -1.37. The monoisotopic (exact) mass is 405 g/mol. The fourth-order valence-corrected chi connectivity index (χ4v) is 4.07. The maximum Gasteiger partial charge on any atom is 0.262 e. The van der Waals surface area contributed by atoms with Gasteiger partial charge in [-0.2, -0.15) is 0 Å². The van der Waals surface area contributed by atoms with Crippen LogP contribution in [0.4, 0.5) is 5.13 Å². The van der Waals surface area contributed by atoms with E-state index in [0.717, 1.165) is 27.3 Å². The summed E-state index contributed by atoms with van der Waals surface area (Å²) in [6.45, 7) is 5.56. The minimum atomic E-state index is -0.949. The van der Waals surface area contributed by atoms with Crippen LogP contribution in [0, 0.1) is 13.8 Å². The molecule has 1 N–H and O–H groups in total. The molecule has 0 saturated carbocycles. The smallest absolute Gasteiger partial charge is 0.262 e. The fraction of sp³-hybridized carbons (Fsp3) is 0.182. The highest BCUT2D eigenvalue weighted by molar-refractivity contribution is 7.14. The van der Waals surface area contributed by atoms with Crippen LogP contribution >= 0.6 is 11.3 Å². The summed E-state index contributed by atoms with van der Waals surface area (Å²) in [6, 6.07) is 11.8. The predicted octanol–water partition coefficient (Wildman–Crippen LogP) is 4.05. The zero-order valence-electron chi connectivity index (χ0n) is 16.2. The van der Waals surface area contributed by atoms with Crippen molar-refractivity contribution in [3.05, 3.63) is 70.1 Å². The second-order valence-corrected chi connectivity index (χ2v) is 7.91. The van der Waals surface area contributed by atoms with Gasteiger partial charge in [0.15, 0.2) is 5.13 Å². The third-order valence-corrected chi connectivity index (χ3v) is 5.75. The van der Waals surface area contributed by atoms with Crippen molar-refractivity contribution in [2.75, 3.05) is 5.32 Å². The van der Waals surface area contributed by atoms with E-state index in [4.69, 9.17) is 0 Å². The van der Waals surface area contributed by atoms with E-state index in [1.165, 1.54) is 18.3 Å². The molecule has 0 fully saturated rings. The van der Waals surface area contributed by atoms with Gasteiger partial charge in [-0.1, -0.05) is 29.8 Å². The quantitative estimate of drug-likeness (QED) is 0.664. The number of fused-ring (bicyclic) bond motifs is 1. The molecule has 1 aliphatic rings. The van der Waals surface area contributed by atoms with Crippen LogP contribution < -0.4 is 5.32 Å². The minimum absolute atomic E-state index is 0.323. The summed E-state index contributed by atoms with van der Waals surface area (Å²) in [6.07, 6.45) is 0. The molecule has 0 bridgehead atoms. The van der Waals surface area contributed by atoms with Gasteiger partial charge in [0, 0.05) is 10.9 Å². The largest absolute Gasteiger partial charge is 0.300 e. The van der Waals surface area contributed by atoms with Crippen molar-refractivity contribution in [3.63, 3.8) is 0 Å². The van der Waals surface area contributed by atoms with Crippen molar-refractivity contribution in [1.82, 2.24) is 9.88 Å². The molecule has 1 aliphatic heterocycles. The molecule has 3 amide bonds. The Hall–Kier alpha value is -3.32. The summed E-state index contributed by atoms with van der Waals surface area (Å²) in [5.41, 5.74) is 4.66. The minimum Gasteiger partial charge on any atom is -0.300 e. The van der Waals surface area contributed by atoms with Crippen LogP contribution in [0.5, 0.6) is 0 Å². The topological polar surface area (TPSA) is 79.4 Å². The molecule has 4 rings (SSSR count). The van der Waals surface area contributed by atoms with Gasteiger partial charge in [-0.05, 0) is 44.5 Å². The van der Waals surface area contributed by atoms with Crippen molar-refractivity contribution in [2.24, 2.45) is 0 Å². The molecule has 0 saturated heterocycles. The Morgan fingerprint density at radius 1 is 1.03 bits per heavy atom. The molecule has 3 aromatic rings. The molecule has 0 spiro atoms. The van der Waals surface area contributed by atoms with Crippen LogP contribution in [0.1, 0.15) is 38.8 Å². The number of aryl methyl sites for hydroxylation is 2. The molecule has 146 valence electrons. The lowest BCUT2D eigenvalue weighted by Crippen LogP contribution is -2.45. The summed E-state index contributed by atoms with van der Waals surface area (Å²) < 4.78 is 0. The Balaban J connectivity index is 1.52. The number of anilines is 1. The van der Waals surface area contributed by atoms with Crippen LogP contribution in [0.2, 0.25) is 0 Å². The third-order valence-electron chi connectivity index (χ3n) is 5.00. The number of carbonyl (C=O) groups excluding carboxylic acids is 3. The normalized spacial score (nSPS) is 14.1. The van der Waals surface area contributed by atoms with E-state index in [-0.39, 0.29) is 0 Å².